The van der Waals surface area contributed by atoms with Crippen LogP contribution in [0.25, 0.3) is 0 Å². The van der Waals surface area contributed by atoms with Crippen molar-refractivity contribution in [3.63, 3.8) is 0 Å². The van der Waals surface area contributed by atoms with Crippen LogP contribution in [0.5, 0.6) is 0 Å². The SMILES string of the molecule is COC(=O)[C@H](Cc1ccccc1)NC(=O)[C@H](OC(C)=O)[C@H](NC(=O)OC(C)(C)C)[C@@H]1O[C@H](COCc2ccccc2)[C@@H](OCc2ccccc2)[C@H]1OCc1ccccc1. The van der Waals surface area contributed by atoms with Gasteiger partial charge in [0.1, 0.15) is 42.1 Å². The first-order chi connectivity index (χ1) is 28.4. The lowest BCUT2D eigenvalue weighted by molar-refractivity contribution is -0.162. The molecule has 13 nitrogen and oxygen atoms in total. The highest BCUT2D eigenvalue weighted by molar-refractivity contribution is 5.89. The molecule has 314 valence electrons. The molecule has 0 saturated carbocycles. The third kappa shape index (κ3) is 14.0. The van der Waals surface area contributed by atoms with Gasteiger partial charge in [0.05, 0.1) is 33.5 Å². The Kier molecular flexibility index (Phi) is 16.6. The van der Waals surface area contributed by atoms with Crippen molar-refractivity contribution in [3.05, 3.63) is 144 Å². The van der Waals surface area contributed by atoms with E-state index in [9.17, 15) is 19.2 Å². The van der Waals surface area contributed by atoms with Crippen LogP contribution in [-0.4, -0.2) is 85.9 Å². The Morgan fingerprint density at radius 3 is 1.66 bits per heavy atom. The average molecular weight is 811 g/mol. The van der Waals surface area contributed by atoms with E-state index in [0.29, 0.717) is 0 Å². The fourth-order valence-electron chi connectivity index (χ4n) is 6.65. The summed E-state index contributed by atoms with van der Waals surface area (Å²) in [7, 11) is 1.21. The van der Waals surface area contributed by atoms with Gasteiger partial charge in [-0.05, 0) is 43.0 Å². The molecule has 13 heteroatoms. The summed E-state index contributed by atoms with van der Waals surface area (Å²) in [6, 6.07) is 35.0. The largest absolute Gasteiger partial charge is 0.467 e. The molecule has 4 aromatic rings. The first kappa shape index (κ1) is 44.5. The van der Waals surface area contributed by atoms with Crippen LogP contribution in [0.1, 0.15) is 49.9 Å². The van der Waals surface area contributed by atoms with Crippen molar-refractivity contribution in [2.45, 2.75) is 102 Å². The minimum atomic E-state index is -1.77. The molecule has 0 bridgehead atoms. The maximum absolute atomic E-state index is 14.5. The number of alkyl carbamates (subject to hydrolysis) is 1. The number of amides is 2. The van der Waals surface area contributed by atoms with Crippen LogP contribution in [0.3, 0.4) is 0 Å². The second kappa shape index (κ2) is 22.0. The van der Waals surface area contributed by atoms with E-state index in [1.807, 2.05) is 97.1 Å². The average Bonchev–Trinajstić information content (AvgIpc) is 3.57. The second-order valence-corrected chi connectivity index (χ2v) is 15.1. The van der Waals surface area contributed by atoms with E-state index in [1.54, 1.807) is 45.0 Å². The topological polar surface area (TPSA) is 157 Å². The number of hydrogen-bond acceptors (Lipinski definition) is 11. The van der Waals surface area contributed by atoms with E-state index in [-0.39, 0.29) is 32.8 Å². The Morgan fingerprint density at radius 2 is 1.17 bits per heavy atom. The van der Waals surface area contributed by atoms with Gasteiger partial charge in [0, 0.05) is 13.3 Å². The highest BCUT2D eigenvalue weighted by Crippen LogP contribution is 2.33. The minimum Gasteiger partial charge on any atom is -0.467 e. The second-order valence-electron chi connectivity index (χ2n) is 15.1. The van der Waals surface area contributed by atoms with Crippen LogP contribution in [0.4, 0.5) is 4.79 Å². The number of carbonyl (C=O) groups excluding carboxylic acids is 4. The first-order valence-corrected chi connectivity index (χ1v) is 19.6. The highest BCUT2D eigenvalue weighted by atomic mass is 16.6. The Balaban J connectivity index is 1.55. The normalized spacial score (nSPS) is 19.1. The van der Waals surface area contributed by atoms with E-state index in [4.69, 9.17) is 33.2 Å². The van der Waals surface area contributed by atoms with Gasteiger partial charge in [-0.25, -0.2) is 9.59 Å². The van der Waals surface area contributed by atoms with Crippen molar-refractivity contribution in [2.24, 2.45) is 0 Å². The zero-order valence-electron chi connectivity index (χ0n) is 34.1. The third-order valence-electron chi connectivity index (χ3n) is 9.31. The predicted molar refractivity (Wildman–Crippen MR) is 218 cm³/mol. The molecular weight excluding hydrogens is 757 g/mol. The van der Waals surface area contributed by atoms with Crippen molar-refractivity contribution < 1.29 is 52.3 Å². The van der Waals surface area contributed by atoms with Gasteiger partial charge in [0.2, 0.25) is 6.10 Å². The molecule has 1 aliphatic rings. The van der Waals surface area contributed by atoms with Crippen molar-refractivity contribution >= 4 is 23.9 Å². The maximum Gasteiger partial charge on any atom is 0.408 e. The molecule has 0 aliphatic carbocycles. The molecule has 5 rings (SSSR count). The molecule has 0 spiro atoms. The number of rotatable bonds is 19. The van der Waals surface area contributed by atoms with Gasteiger partial charge in [-0.2, -0.15) is 0 Å². The Bertz CT molecular complexity index is 1910. The van der Waals surface area contributed by atoms with Gasteiger partial charge >= 0.3 is 18.0 Å². The lowest BCUT2D eigenvalue weighted by atomic mass is 9.96. The lowest BCUT2D eigenvalue weighted by Crippen LogP contribution is -2.62. The number of ether oxygens (including phenoxy) is 7. The lowest BCUT2D eigenvalue weighted by Gasteiger charge is -2.35. The summed E-state index contributed by atoms with van der Waals surface area (Å²) in [5.41, 5.74) is 2.45. The molecule has 1 aliphatic heterocycles. The third-order valence-corrected chi connectivity index (χ3v) is 9.31. The van der Waals surface area contributed by atoms with Crippen molar-refractivity contribution in [1.29, 1.82) is 0 Å². The van der Waals surface area contributed by atoms with Gasteiger partial charge in [0.25, 0.3) is 5.91 Å². The van der Waals surface area contributed by atoms with Crippen molar-refractivity contribution in [2.75, 3.05) is 13.7 Å². The monoisotopic (exact) mass is 810 g/mol. The zero-order chi connectivity index (χ0) is 42.2. The van der Waals surface area contributed by atoms with E-state index in [0.717, 1.165) is 29.2 Å². The molecule has 0 unspecified atom stereocenters. The number of carbonyl (C=O) groups is 4. The molecule has 59 heavy (non-hydrogen) atoms. The van der Waals surface area contributed by atoms with Crippen molar-refractivity contribution in [1.82, 2.24) is 10.6 Å². The molecule has 1 heterocycles. The molecule has 2 amide bonds. The van der Waals surface area contributed by atoms with Gasteiger partial charge in [-0.3, -0.25) is 9.59 Å². The quantitative estimate of drug-likeness (QED) is 0.0863. The Hall–Kier alpha value is -5.60. The van der Waals surface area contributed by atoms with Gasteiger partial charge in [0.15, 0.2) is 0 Å². The highest BCUT2D eigenvalue weighted by Gasteiger charge is 2.54. The summed E-state index contributed by atoms with van der Waals surface area (Å²) in [6.45, 7) is 6.76. The molecule has 1 saturated heterocycles. The van der Waals surface area contributed by atoms with Gasteiger partial charge in [-0.1, -0.05) is 121 Å². The molecule has 7 atom stereocenters. The molecule has 1 fully saturated rings. The van der Waals surface area contributed by atoms with Gasteiger partial charge in [-0.15, -0.1) is 0 Å². The van der Waals surface area contributed by atoms with Crippen LogP contribution in [0.2, 0.25) is 0 Å². The number of nitrogens with one attached hydrogen (secondary N) is 2. The van der Waals surface area contributed by atoms with E-state index < -0.39 is 72.1 Å². The summed E-state index contributed by atoms with van der Waals surface area (Å²) in [5.74, 6) is -2.46. The van der Waals surface area contributed by atoms with Crippen molar-refractivity contribution in [3.8, 4) is 0 Å². The first-order valence-electron chi connectivity index (χ1n) is 19.6. The van der Waals surface area contributed by atoms with Crippen LogP contribution in [-0.2, 0) is 73.8 Å². The summed E-state index contributed by atoms with van der Waals surface area (Å²) >= 11 is 0. The van der Waals surface area contributed by atoms with E-state index in [1.165, 1.54) is 7.11 Å². The van der Waals surface area contributed by atoms with E-state index in [2.05, 4.69) is 10.6 Å². The van der Waals surface area contributed by atoms with Crippen LogP contribution in [0, 0.1) is 0 Å². The van der Waals surface area contributed by atoms with E-state index >= 15 is 0 Å². The zero-order valence-corrected chi connectivity index (χ0v) is 34.1. The number of esters is 2. The number of methoxy groups -OCH3 is 1. The smallest absolute Gasteiger partial charge is 0.408 e. The summed E-state index contributed by atoms with van der Waals surface area (Å²) in [4.78, 5) is 54.2. The fourth-order valence-corrected chi connectivity index (χ4v) is 6.65. The van der Waals surface area contributed by atoms with Gasteiger partial charge < -0.3 is 43.8 Å². The molecule has 2 N–H and O–H groups in total. The summed E-state index contributed by atoms with van der Waals surface area (Å²) in [5, 5.41) is 5.48. The maximum atomic E-state index is 14.5. The standard InChI is InChI=1S/C46H54N2O11/c1-31(49)57-41(43(50)47-36(44(51)53-5)26-32-18-10-6-11-19-32)38(48-45(52)59-46(2,3)4)40-42(56-29-35-24-16-9-17-25-35)39(55-28-34-22-14-8-15-23-34)37(58-40)30-54-27-33-20-12-7-13-21-33/h6-25,36-42H,26-30H2,1-5H3,(H,47,50)(H,48,52)/t36-,37+,38+,39+,40-,41+,42+/m0/s1. The molecule has 4 aromatic carbocycles. The molecular formula is C46H54N2O11. The van der Waals surface area contributed by atoms with Crippen LogP contribution < -0.4 is 10.6 Å². The summed E-state index contributed by atoms with van der Waals surface area (Å²) < 4.78 is 42.7. The minimum absolute atomic E-state index is 0.0289. The van der Waals surface area contributed by atoms with Crippen LogP contribution >= 0.6 is 0 Å². The summed E-state index contributed by atoms with van der Waals surface area (Å²) in [6.07, 6.45) is -6.46. The Labute approximate surface area is 345 Å². The number of benzene rings is 4. The fraction of sp³-hybridized carbons (Fsp3) is 0.391. The molecule has 0 aromatic heterocycles. The Morgan fingerprint density at radius 1 is 0.678 bits per heavy atom. The molecule has 0 radical (unpaired) electrons. The predicted octanol–water partition coefficient (Wildman–Crippen LogP) is 5.87. The number of hydrogen-bond donors (Lipinski definition) is 2. The van der Waals surface area contributed by atoms with Crippen LogP contribution in [0.15, 0.2) is 121 Å².